The molecule has 90 valence electrons. The van der Waals surface area contributed by atoms with Crippen LogP contribution in [0.4, 0.5) is 0 Å². The molecule has 3 atom stereocenters. The van der Waals surface area contributed by atoms with Crippen molar-refractivity contribution in [2.24, 2.45) is 11.3 Å². The molecular weight excluding hydrogens is 192 g/mol. The van der Waals surface area contributed by atoms with Crippen molar-refractivity contribution >= 4 is 5.97 Å². The number of hydrogen-bond donors (Lipinski definition) is 2. The molecule has 0 fully saturated rings. The van der Waals surface area contributed by atoms with Gasteiger partial charge in [-0.25, -0.2) is 0 Å². The second kappa shape index (κ2) is 6.11. The number of unbranched alkanes of at least 4 members (excludes halogenated alkanes) is 1. The lowest BCUT2D eigenvalue weighted by Crippen LogP contribution is -2.41. The zero-order valence-electron chi connectivity index (χ0n) is 10.3. The van der Waals surface area contributed by atoms with Gasteiger partial charge in [-0.3, -0.25) is 4.79 Å². The van der Waals surface area contributed by atoms with Crippen molar-refractivity contribution in [2.45, 2.75) is 59.5 Å². The van der Waals surface area contributed by atoms with E-state index in [0.717, 1.165) is 12.8 Å². The number of aliphatic hydroxyl groups excluding tert-OH is 1. The molecule has 0 heterocycles. The lowest BCUT2D eigenvalue weighted by Gasteiger charge is -2.36. The van der Waals surface area contributed by atoms with Crippen LogP contribution in [0, 0.1) is 11.3 Å². The number of carbonyl (C=O) groups is 1. The molecule has 0 aliphatic rings. The number of aliphatic carboxylic acids is 1. The first-order valence-electron chi connectivity index (χ1n) is 5.83. The molecule has 3 heteroatoms. The number of aliphatic hydroxyl groups is 1. The van der Waals surface area contributed by atoms with E-state index in [1.165, 1.54) is 0 Å². The third-order valence-corrected chi connectivity index (χ3v) is 3.63. The zero-order chi connectivity index (χ0) is 12.1. The van der Waals surface area contributed by atoms with Crippen LogP contribution in [0.5, 0.6) is 0 Å². The van der Waals surface area contributed by atoms with E-state index in [2.05, 4.69) is 6.92 Å². The smallest absolute Gasteiger partial charge is 0.309 e. The largest absolute Gasteiger partial charge is 0.481 e. The summed E-state index contributed by atoms with van der Waals surface area (Å²) in [6.45, 7) is 7.44. The summed E-state index contributed by atoms with van der Waals surface area (Å²) in [6, 6.07) is 0. The van der Waals surface area contributed by atoms with Gasteiger partial charge in [0.05, 0.1) is 11.5 Å². The van der Waals surface area contributed by atoms with Crippen molar-refractivity contribution in [2.75, 3.05) is 0 Å². The predicted molar refractivity (Wildman–Crippen MR) is 60.7 cm³/mol. The Morgan fingerprint density at radius 3 is 2.13 bits per heavy atom. The molecule has 2 N–H and O–H groups in total. The molecule has 0 spiro atoms. The molecule has 0 saturated heterocycles. The monoisotopic (exact) mass is 216 g/mol. The standard InChI is InChI=1S/C12H24O3/c1-5-7-8-12(6-2,11(14)15)9(3)10(4)13/h9-10,13H,5-8H2,1-4H3,(H,14,15). The second-order valence-corrected chi connectivity index (χ2v) is 4.45. The molecule has 0 aliphatic carbocycles. The van der Waals surface area contributed by atoms with E-state index in [4.69, 9.17) is 0 Å². The molecule has 0 aromatic heterocycles. The quantitative estimate of drug-likeness (QED) is 0.688. The van der Waals surface area contributed by atoms with Crippen LogP contribution in [-0.4, -0.2) is 22.3 Å². The Kier molecular flexibility index (Phi) is 5.88. The summed E-state index contributed by atoms with van der Waals surface area (Å²) in [5.41, 5.74) is -0.760. The highest BCUT2D eigenvalue weighted by atomic mass is 16.4. The molecule has 0 aromatic rings. The van der Waals surface area contributed by atoms with Gasteiger partial charge in [-0.05, 0) is 25.7 Å². The normalized spacial score (nSPS) is 19.3. The first-order chi connectivity index (χ1) is 6.92. The Morgan fingerprint density at radius 2 is 1.87 bits per heavy atom. The Balaban J connectivity index is 4.88. The zero-order valence-corrected chi connectivity index (χ0v) is 10.3. The molecule has 0 rings (SSSR count). The van der Waals surface area contributed by atoms with Crippen molar-refractivity contribution < 1.29 is 15.0 Å². The number of carboxylic acid groups (broad SMARTS) is 1. The van der Waals surface area contributed by atoms with Crippen molar-refractivity contribution in [3.8, 4) is 0 Å². The Morgan fingerprint density at radius 1 is 1.33 bits per heavy atom. The minimum absolute atomic E-state index is 0.202. The van der Waals surface area contributed by atoms with Crippen LogP contribution in [-0.2, 0) is 4.79 Å². The van der Waals surface area contributed by atoms with E-state index in [0.29, 0.717) is 12.8 Å². The van der Waals surface area contributed by atoms with Crippen LogP contribution in [0.1, 0.15) is 53.4 Å². The average molecular weight is 216 g/mol. The van der Waals surface area contributed by atoms with Gasteiger partial charge in [-0.2, -0.15) is 0 Å². The highest BCUT2D eigenvalue weighted by Gasteiger charge is 2.43. The third kappa shape index (κ3) is 3.20. The molecule has 0 aromatic carbocycles. The van der Waals surface area contributed by atoms with Crippen molar-refractivity contribution in [1.29, 1.82) is 0 Å². The molecule has 0 amide bonds. The van der Waals surface area contributed by atoms with Crippen LogP contribution in [0.2, 0.25) is 0 Å². The molecule has 0 radical (unpaired) electrons. The van der Waals surface area contributed by atoms with E-state index in [1.54, 1.807) is 6.92 Å². The molecule has 0 bridgehead atoms. The fourth-order valence-corrected chi connectivity index (χ4v) is 2.13. The van der Waals surface area contributed by atoms with Gasteiger partial charge < -0.3 is 10.2 Å². The van der Waals surface area contributed by atoms with Gasteiger partial charge in [-0.15, -0.1) is 0 Å². The average Bonchev–Trinajstić information content (AvgIpc) is 2.18. The predicted octanol–water partition coefficient (Wildman–Crippen LogP) is 2.67. The molecule has 0 saturated carbocycles. The highest BCUT2D eigenvalue weighted by Crippen LogP contribution is 2.39. The van der Waals surface area contributed by atoms with Gasteiger partial charge in [0, 0.05) is 0 Å². The summed E-state index contributed by atoms with van der Waals surface area (Å²) in [5, 5.41) is 18.9. The van der Waals surface area contributed by atoms with Crippen molar-refractivity contribution in [1.82, 2.24) is 0 Å². The lowest BCUT2D eigenvalue weighted by atomic mass is 9.69. The third-order valence-electron chi connectivity index (χ3n) is 3.63. The van der Waals surface area contributed by atoms with Gasteiger partial charge in [0.15, 0.2) is 0 Å². The van der Waals surface area contributed by atoms with E-state index in [9.17, 15) is 15.0 Å². The van der Waals surface area contributed by atoms with E-state index >= 15 is 0 Å². The van der Waals surface area contributed by atoms with Gasteiger partial charge in [0.25, 0.3) is 0 Å². The van der Waals surface area contributed by atoms with Gasteiger partial charge in [0.1, 0.15) is 0 Å². The molecule has 15 heavy (non-hydrogen) atoms. The van der Waals surface area contributed by atoms with Crippen LogP contribution in [0.3, 0.4) is 0 Å². The molecule has 0 aliphatic heterocycles. The van der Waals surface area contributed by atoms with Crippen LogP contribution >= 0.6 is 0 Å². The maximum Gasteiger partial charge on any atom is 0.309 e. The van der Waals surface area contributed by atoms with Crippen molar-refractivity contribution in [3.63, 3.8) is 0 Å². The maximum atomic E-state index is 11.4. The first kappa shape index (κ1) is 14.4. The summed E-state index contributed by atoms with van der Waals surface area (Å²) in [5.74, 6) is -0.974. The van der Waals surface area contributed by atoms with Gasteiger partial charge in [-0.1, -0.05) is 33.6 Å². The molecular formula is C12H24O3. The van der Waals surface area contributed by atoms with Crippen LogP contribution < -0.4 is 0 Å². The Labute approximate surface area is 92.5 Å². The highest BCUT2D eigenvalue weighted by molar-refractivity contribution is 5.75. The maximum absolute atomic E-state index is 11.4. The summed E-state index contributed by atoms with van der Waals surface area (Å²) in [7, 11) is 0. The Hall–Kier alpha value is -0.570. The summed E-state index contributed by atoms with van der Waals surface area (Å²) < 4.78 is 0. The summed E-state index contributed by atoms with van der Waals surface area (Å²) in [4.78, 5) is 11.4. The number of carboxylic acids is 1. The van der Waals surface area contributed by atoms with E-state index in [-0.39, 0.29) is 5.92 Å². The number of rotatable bonds is 7. The van der Waals surface area contributed by atoms with E-state index < -0.39 is 17.5 Å². The first-order valence-corrected chi connectivity index (χ1v) is 5.83. The Bertz CT molecular complexity index is 201. The van der Waals surface area contributed by atoms with E-state index in [1.807, 2.05) is 13.8 Å². The molecule has 3 nitrogen and oxygen atoms in total. The minimum Gasteiger partial charge on any atom is -0.481 e. The van der Waals surface area contributed by atoms with Gasteiger partial charge >= 0.3 is 5.97 Å². The molecule has 3 unspecified atom stereocenters. The lowest BCUT2D eigenvalue weighted by molar-refractivity contribution is -0.156. The summed E-state index contributed by atoms with van der Waals surface area (Å²) in [6.07, 6.45) is 2.55. The second-order valence-electron chi connectivity index (χ2n) is 4.45. The summed E-state index contributed by atoms with van der Waals surface area (Å²) >= 11 is 0. The van der Waals surface area contributed by atoms with Crippen LogP contribution in [0.25, 0.3) is 0 Å². The number of hydrogen-bond acceptors (Lipinski definition) is 2. The van der Waals surface area contributed by atoms with Crippen LogP contribution in [0.15, 0.2) is 0 Å². The van der Waals surface area contributed by atoms with Crippen molar-refractivity contribution in [3.05, 3.63) is 0 Å². The SMILES string of the molecule is CCCCC(CC)(C(=O)O)C(C)C(C)O. The van der Waals surface area contributed by atoms with Gasteiger partial charge in [0.2, 0.25) is 0 Å². The minimum atomic E-state index is -0.771. The fourth-order valence-electron chi connectivity index (χ4n) is 2.13. The fraction of sp³-hybridized carbons (Fsp3) is 0.917. The topological polar surface area (TPSA) is 57.5 Å².